The van der Waals surface area contributed by atoms with Gasteiger partial charge in [0.25, 0.3) is 0 Å². The van der Waals surface area contributed by atoms with Crippen molar-refractivity contribution in [2.75, 3.05) is 5.01 Å². The summed E-state index contributed by atoms with van der Waals surface area (Å²) < 4.78 is 0. The highest BCUT2D eigenvalue weighted by atomic mass is 16.1. The summed E-state index contributed by atoms with van der Waals surface area (Å²) in [6.45, 7) is 2.01. The van der Waals surface area contributed by atoms with Crippen LogP contribution in [0.15, 0.2) is 60.7 Å². The quantitative estimate of drug-likeness (QED) is 0.867. The number of benzene rings is 2. The fourth-order valence-electron chi connectivity index (χ4n) is 2.78. The van der Waals surface area contributed by atoms with Crippen molar-refractivity contribution in [2.45, 2.75) is 25.8 Å². The Balaban J connectivity index is 1.89. The Morgan fingerprint density at radius 3 is 1.86 bits per heavy atom. The molecular weight excluding hydrogens is 260 g/mol. The Morgan fingerprint density at radius 2 is 1.43 bits per heavy atom. The Kier molecular flexibility index (Phi) is 4.02. The molecule has 1 aliphatic carbocycles. The van der Waals surface area contributed by atoms with E-state index in [1.165, 1.54) is 0 Å². The van der Waals surface area contributed by atoms with Crippen LogP contribution in [0.5, 0.6) is 0 Å². The summed E-state index contributed by atoms with van der Waals surface area (Å²) in [5.41, 5.74) is 5.49. The molecule has 0 amide bonds. The van der Waals surface area contributed by atoms with Gasteiger partial charge in [-0.3, -0.25) is 9.80 Å². The molecule has 1 N–H and O–H groups in total. The van der Waals surface area contributed by atoms with Crippen molar-refractivity contribution in [3.8, 4) is 0 Å². The first-order valence-corrected chi connectivity index (χ1v) is 7.46. The predicted octanol–water partition coefficient (Wildman–Crippen LogP) is 3.70. The van der Waals surface area contributed by atoms with Gasteiger partial charge in [-0.15, -0.1) is 0 Å². The average molecular weight is 280 g/mol. The molecule has 2 aromatic rings. The summed E-state index contributed by atoms with van der Waals surface area (Å²) in [6.07, 6.45) is 1.87. The number of carbonyl (C=O) groups excluding carboxylic acids is 1. The lowest BCUT2D eigenvalue weighted by molar-refractivity contribution is -0.121. The second kappa shape index (κ2) is 6.10. The van der Waals surface area contributed by atoms with Crippen LogP contribution in [0.4, 0.5) is 11.4 Å². The predicted molar refractivity (Wildman–Crippen MR) is 85.4 cm³/mol. The van der Waals surface area contributed by atoms with Gasteiger partial charge in [0.15, 0.2) is 5.78 Å². The van der Waals surface area contributed by atoms with Crippen LogP contribution in [0.1, 0.15) is 19.8 Å². The van der Waals surface area contributed by atoms with Gasteiger partial charge in [-0.05, 0) is 37.1 Å². The summed E-state index contributed by atoms with van der Waals surface area (Å²) >= 11 is 0. The van der Waals surface area contributed by atoms with Gasteiger partial charge in [0.05, 0.1) is 17.4 Å². The minimum atomic E-state index is -0.0968. The highest BCUT2D eigenvalue weighted by Crippen LogP contribution is 2.27. The maximum Gasteiger partial charge on any atom is 0.154 e. The van der Waals surface area contributed by atoms with E-state index in [4.69, 9.17) is 0 Å². The zero-order chi connectivity index (χ0) is 14.7. The van der Waals surface area contributed by atoms with Crippen molar-refractivity contribution in [1.29, 1.82) is 0 Å². The molecule has 0 unspecified atom stereocenters. The van der Waals surface area contributed by atoms with Crippen molar-refractivity contribution in [3.63, 3.8) is 0 Å². The van der Waals surface area contributed by atoms with Gasteiger partial charge >= 0.3 is 0 Å². The van der Waals surface area contributed by atoms with Crippen LogP contribution in [0, 0.1) is 5.92 Å². The van der Waals surface area contributed by atoms with E-state index in [2.05, 4.69) is 5.43 Å². The number of para-hydroxylation sites is 2. The summed E-state index contributed by atoms with van der Waals surface area (Å²) in [5, 5.41) is 2.01. The fourth-order valence-corrected chi connectivity index (χ4v) is 2.78. The Morgan fingerprint density at radius 1 is 0.905 bits per heavy atom. The number of anilines is 2. The third-order valence-electron chi connectivity index (χ3n) is 4.03. The number of carbonyl (C=O) groups is 1. The molecule has 0 saturated heterocycles. The number of rotatable bonds is 4. The smallest absolute Gasteiger partial charge is 0.154 e. The molecule has 3 nitrogen and oxygen atoms in total. The lowest BCUT2D eigenvalue weighted by atomic mass is 10.1. The number of hydrazine groups is 1. The number of nitrogens with one attached hydrogen (secondary N) is 1. The molecule has 3 heteroatoms. The number of Topliss-reactive ketones (excluding diaryl/α,β-unsaturated/α-hetero) is 1. The molecule has 3 rings (SSSR count). The SMILES string of the molecule is C[C@H]1CC[C@@H](NN(c2ccccc2)c2ccccc2)C1=O. The van der Waals surface area contributed by atoms with Crippen molar-refractivity contribution < 1.29 is 4.79 Å². The molecule has 108 valence electrons. The minimum Gasteiger partial charge on any atom is -0.298 e. The van der Waals surface area contributed by atoms with Crippen LogP contribution in [-0.4, -0.2) is 11.8 Å². The standard InChI is InChI=1S/C18H20N2O/c1-14-12-13-17(18(14)21)19-20(15-8-4-2-5-9-15)16-10-6-3-7-11-16/h2-11,14,17,19H,12-13H2,1H3/t14-,17+/m0/s1. The fraction of sp³-hybridized carbons (Fsp3) is 0.278. The van der Waals surface area contributed by atoms with E-state index in [-0.39, 0.29) is 12.0 Å². The Hall–Kier alpha value is -2.13. The van der Waals surface area contributed by atoms with Crippen molar-refractivity contribution >= 4 is 17.2 Å². The number of hydrogen-bond donors (Lipinski definition) is 1. The first-order valence-electron chi connectivity index (χ1n) is 7.46. The van der Waals surface area contributed by atoms with E-state index in [9.17, 15) is 4.79 Å². The molecule has 0 spiro atoms. The lowest BCUT2D eigenvalue weighted by Gasteiger charge is -2.28. The third kappa shape index (κ3) is 2.98. The van der Waals surface area contributed by atoms with Gasteiger partial charge in [0.2, 0.25) is 0 Å². The molecule has 0 bridgehead atoms. The summed E-state index contributed by atoms with van der Waals surface area (Å²) in [4.78, 5) is 12.2. The summed E-state index contributed by atoms with van der Waals surface area (Å²) in [5.74, 6) is 0.475. The maximum atomic E-state index is 12.2. The second-order valence-corrected chi connectivity index (χ2v) is 5.57. The first kappa shape index (κ1) is 13.8. The lowest BCUT2D eigenvalue weighted by Crippen LogP contribution is -2.44. The maximum absolute atomic E-state index is 12.2. The van der Waals surface area contributed by atoms with Gasteiger partial charge in [-0.1, -0.05) is 43.3 Å². The molecule has 0 aliphatic heterocycles. The number of nitrogens with zero attached hydrogens (tertiary/aromatic N) is 1. The molecular formula is C18H20N2O. The first-order chi connectivity index (χ1) is 10.3. The molecule has 21 heavy (non-hydrogen) atoms. The van der Waals surface area contributed by atoms with Gasteiger partial charge < -0.3 is 0 Å². The number of hydrogen-bond acceptors (Lipinski definition) is 3. The molecule has 2 aromatic carbocycles. The van der Waals surface area contributed by atoms with E-state index >= 15 is 0 Å². The highest BCUT2D eigenvalue weighted by molar-refractivity contribution is 5.88. The van der Waals surface area contributed by atoms with Crippen LogP contribution in [0.2, 0.25) is 0 Å². The molecule has 1 aliphatic rings. The van der Waals surface area contributed by atoms with E-state index in [0.717, 1.165) is 24.2 Å². The van der Waals surface area contributed by atoms with Crippen LogP contribution < -0.4 is 10.4 Å². The zero-order valence-corrected chi connectivity index (χ0v) is 12.2. The summed E-state index contributed by atoms with van der Waals surface area (Å²) in [6, 6.07) is 20.1. The Bertz CT molecular complexity index is 558. The molecule has 1 saturated carbocycles. The van der Waals surface area contributed by atoms with E-state index in [1.54, 1.807) is 0 Å². The van der Waals surface area contributed by atoms with Crippen LogP contribution in [0.25, 0.3) is 0 Å². The van der Waals surface area contributed by atoms with E-state index in [0.29, 0.717) is 5.78 Å². The van der Waals surface area contributed by atoms with Crippen molar-refractivity contribution in [3.05, 3.63) is 60.7 Å². The van der Waals surface area contributed by atoms with Crippen molar-refractivity contribution in [1.82, 2.24) is 5.43 Å². The van der Waals surface area contributed by atoms with Gasteiger partial charge in [-0.25, -0.2) is 5.43 Å². The third-order valence-corrected chi connectivity index (χ3v) is 4.03. The topological polar surface area (TPSA) is 32.3 Å². The van der Waals surface area contributed by atoms with Crippen LogP contribution >= 0.6 is 0 Å². The van der Waals surface area contributed by atoms with Gasteiger partial charge in [-0.2, -0.15) is 0 Å². The molecule has 1 fully saturated rings. The van der Waals surface area contributed by atoms with Gasteiger partial charge in [0, 0.05) is 5.92 Å². The average Bonchev–Trinajstić information content (AvgIpc) is 2.86. The second-order valence-electron chi connectivity index (χ2n) is 5.57. The highest BCUT2D eigenvalue weighted by Gasteiger charge is 2.32. The largest absolute Gasteiger partial charge is 0.298 e. The molecule has 0 radical (unpaired) electrons. The molecule has 2 atom stereocenters. The molecule has 0 heterocycles. The monoisotopic (exact) mass is 280 g/mol. The van der Waals surface area contributed by atoms with Crippen LogP contribution in [0.3, 0.4) is 0 Å². The molecule has 0 aromatic heterocycles. The van der Waals surface area contributed by atoms with E-state index in [1.807, 2.05) is 72.6 Å². The normalized spacial score (nSPS) is 21.5. The van der Waals surface area contributed by atoms with Crippen LogP contribution in [-0.2, 0) is 4.79 Å². The summed E-state index contributed by atoms with van der Waals surface area (Å²) in [7, 11) is 0. The minimum absolute atomic E-state index is 0.0968. The van der Waals surface area contributed by atoms with Gasteiger partial charge in [0.1, 0.15) is 0 Å². The number of ketones is 1. The van der Waals surface area contributed by atoms with E-state index < -0.39 is 0 Å². The van der Waals surface area contributed by atoms with Crippen molar-refractivity contribution in [2.24, 2.45) is 5.92 Å². The zero-order valence-electron chi connectivity index (χ0n) is 12.2. The Labute approximate surface area is 125 Å².